The van der Waals surface area contributed by atoms with Crippen LogP contribution in [0.2, 0.25) is 0 Å². The molecule has 128 valence electrons. The summed E-state index contributed by atoms with van der Waals surface area (Å²) in [5.41, 5.74) is 6.46. The summed E-state index contributed by atoms with van der Waals surface area (Å²) in [6.07, 6.45) is 0.474. The van der Waals surface area contributed by atoms with Crippen LogP contribution in [0.15, 0.2) is 28.9 Å². The van der Waals surface area contributed by atoms with E-state index >= 15 is 0 Å². The van der Waals surface area contributed by atoms with Gasteiger partial charge in [-0.2, -0.15) is 0 Å². The van der Waals surface area contributed by atoms with Gasteiger partial charge in [0, 0.05) is 0 Å². The number of aliphatic carboxylic acids is 1. The lowest BCUT2D eigenvalue weighted by Gasteiger charge is -2.22. The maximum atomic E-state index is 12.4. The van der Waals surface area contributed by atoms with Crippen molar-refractivity contribution in [3.05, 3.63) is 33.0 Å². The Balaban J connectivity index is 2.42. The molecular formula is C15H16IN3O5. The fourth-order valence-electron chi connectivity index (χ4n) is 2.10. The van der Waals surface area contributed by atoms with Crippen molar-refractivity contribution in [2.75, 3.05) is 6.54 Å². The van der Waals surface area contributed by atoms with Gasteiger partial charge in [-0.1, -0.05) is 6.07 Å². The van der Waals surface area contributed by atoms with Crippen LogP contribution < -0.4 is 5.73 Å². The lowest BCUT2D eigenvalue weighted by Crippen LogP contribution is -2.50. The summed E-state index contributed by atoms with van der Waals surface area (Å²) in [4.78, 5) is 28.5. The number of halogens is 1. The molecule has 1 amide bonds. The number of nitrogens with zero attached hydrogens (tertiary/aromatic N) is 2. The van der Waals surface area contributed by atoms with E-state index in [0.29, 0.717) is 9.13 Å². The second-order valence-electron chi connectivity index (χ2n) is 5.26. The molecule has 0 aliphatic carbocycles. The molecule has 8 nitrogen and oxygen atoms in total. The Kier molecular flexibility index (Phi) is 5.57. The second-order valence-corrected chi connectivity index (χ2v) is 6.42. The number of phenols is 1. The van der Waals surface area contributed by atoms with Gasteiger partial charge >= 0.3 is 5.97 Å². The van der Waals surface area contributed by atoms with E-state index in [1.807, 2.05) is 22.6 Å². The summed E-state index contributed by atoms with van der Waals surface area (Å²) in [6.45, 7) is 0.836. The van der Waals surface area contributed by atoms with Gasteiger partial charge in [-0.25, -0.2) is 4.99 Å². The normalized spacial score (nSPS) is 18.7. The molecule has 24 heavy (non-hydrogen) atoms. The van der Waals surface area contributed by atoms with Crippen LogP contribution in [0.25, 0.3) is 6.08 Å². The number of amidine groups is 1. The molecule has 1 aliphatic heterocycles. The third kappa shape index (κ3) is 3.91. The SMILES string of the molecule is C[C@@H](O)[C@H](N)C1=N/C(=C\c2ccc(O)c(I)c2)C(=O)N1CC(=O)O. The number of amides is 1. The number of rotatable bonds is 5. The molecule has 1 aromatic carbocycles. The number of nitrogens with two attached hydrogens (primary N) is 1. The molecule has 1 aromatic rings. The Hall–Kier alpha value is -1.98. The maximum absolute atomic E-state index is 12.4. The van der Waals surface area contributed by atoms with Crippen molar-refractivity contribution in [3.8, 4) is 5.75 Å². The van der Waals surface area contributed by atoms with Gasteiger partial charge in [-0.15, -0.1) is 0 Å². The molecule has 1 heterocycles. The number of hydrogen-bond donors (Lipinski definition) is 4. The fourth-order valence-corrected chi connectivity index (χ4v) is 2.64. The van der Waals surface area contributed by atoms with E-state index in [4.69, 9.17) is 10.8 Å². The van der Waals surface area contributed by atoms with E-state index < -0.39 is 30.6 Å². The van der Waals surface area contributed by atoms with Gasteiger partial charge in [0.15, 0.2) is 0 Å². The van der Waals surface area contributed by atoms with E-state index in [9.17, 15) is 19.8 Å². The molecule has 0 fully saturated rings. The van der Waals surface area contributed by atoms with Gasteiger partial charge in [0.25, 0.3) is 5.91 Å². The minimum atomic E-state index is -1.21. The smallest absolute Gasteiger partial charge is 0.323 e. The second kappa shape index (κ2) is 7.28. The number of carbonyl (C=O) groups excluding carboxylic acids is 1. The van der Waals surface area contributed by atoms with Crippen LogP contribution in [-0.2, 0) is 9.59 Å². The van der Waals surface area contributed by atoms with E-state index in [1.54, 1.807) is 12.1 Å². The van der Waals surface area contributed by atoms with Crippen LogP contribution in [0.5, 0.6) is 5.75 Å². The molecule has 0 saturated carbocycles. The molecule has 5 N–H and O–H groups in total. The Morgan fingerprint density at radius 1 is 1.50 bits per heavy atom. The van der Waals surface area contributed by atoms with Crippen LogP contribution in [0.3, 0.4) is 0 Å². The first-order chi connectivity index (χ1) is 11.2. The average Bonchev–Trinajstić information content (AvgIpc) is 2.79. The topological polar surface area (TPSA) is 136 Å². The predicted molar refractivity (Wildman–Crippen MR) is 95.2 cm³/mol. The summed E-state index contributed by atoms with van der Waals surface area (Å²) >= 11 is 1.94. The number of hydrogen-bond acceptors (Lipinski definition) is 6. The highest BCUT2D eigenvalue weighted by atomic mass is 127. The van der Waals surface area contributed by atoms with Gasteiger partial charge in [0.05, 0.1) is 15.7 Å². The van der Waals surface area contributed by atoms with Crippen molar-refractivity contribution < 1.29 is 24.9 Å². The van der Waals surface area contributed by atoms with E-state index in [0.717, 1.165) is 4.90 Å². The first-order valence-electron chi connectivity index (χ1n) is 6.96. The molecule has 2 rings (SSSR count). The molecule has 0 unspecified atom stereocenters. The van der Waals surface area contributed by atoms with Crippen molar-refractivity contribution in [2.45, 2.75) is 19.1 Å². The summed E-state index contributed by atoms with van der Waals surface area (Å²) < 4.78 is 0.597. The monoisotopic (exact) mass is 445 g/mol. The average molecular weight is 445 g/mol. The van der Waals surface area contributed by atoms with Crippen LogP contribution >= 0.6 is 22.6 Å². The van der Waals surface area contributed by atoms with Crippen LogP contribution in [0.1, 0.15) is 12.5 Å². The van der Waals surface area contributed by atoms with Crippen molar-refractivity contribution in [1.82, 2.24) is 4.90 Å². The molecule has 0 radical (unpaired) electrons. The minimum Gasteiger partial charge on any atom is -0.507 e. The summed E-state index contributed by atoms with van der Waals surface area (Å²) in [7, 11) is 0. The third-order valence-electron chi connectivity index (χ3n) is 3.36. The van der Waals surface area contributed by atoms with Crippen molar-refractivity contribution in [1.29, 1.82) is 0 Å². The molecule has 0 bridgehead atoms. The minimum absolute atomic E-state index is 0.0112. The van der Waals surface area contributed by atoms with Gasteiger partial charge in [0.1, 0.15) is 23.8 Å². The summed E-state index contributed by atoms with van der Waals surface area (Å²) in [5.74, 6) is -1.69. The number of benzene rings is 1. The van der Waals surface area contributed by atoms with Gasteiger partial charge in [-0.05, 0) is 53.3 Å². The molecule has 9 heteroatoms. The fraction of sp³-hybridized carbons (Fsp3) is 0.267. The number of aliphatic hydroxyl groups excluding tert-OH is 1. The Bertz CT molecular complexity index is 745. The number of aromatic hydroxyl groups is 1. The molecule has 0 spiro atoms. The summed E-state index contributed by atoms with van der Waals surface area (Å²) in [6, 6.07) is 3.75. The first-order valence-corrected chi connectivity index (χ1v) is 8.04. The van der Waals surface area contributed by atoms with Crippen molar-refractivity contribution in [2.24, 2.45) is 10.7 Å². The Morgan fingerprint density at radius 2 is 2.17 bits per heavy atom. The number of carboxylic acid groups (broad SMARTS) is 1. The van der Waals surface area contributed by atoms with E-state index in [-0.39, 0.29) is 17.3 Å². The number of aliphatic imine (C=N–C) groups is 1. The highest BCUT2D eigenvalue weighted by Gasteiger charge is 2.36. The number of carbonyl (C=O) groups is 2. The molecular weight excluding hydrogens is 429 g/mol. The van der Waals surface area contributed by atoms with Gasteiger partial charge in [-0.3, -0.25) is 14.5 Å². The lowest BCUT2D eigenvalue weighted by molar-refractivity contribution is -0.140. The van der Waals surface area contributed by atoms with Crippen LogP contribution in [0.4, 0.5) is 0 Å². The maximum Gasteiger partial charge on any atom is 0.323 e. The number of aliphatic hydroxyl groups is 1. The van der Waals surface area contributed by atoms with E-state index in [2.05, 4.69) is 4.99 Å². The predicted octanol–water partition coefficient (Wildman–Crippen LogP) is 0.371. The van der Waals surface area contributed by atoms with E-state index in [1.165, 1.54) is 19.1 Å². The molecule has 0 aromatic heterocycles. The highest BCUT2D eigenvalue weighted by molar-refractivity contribution is 14.1. The lowest BCUT2D eigenvalue weighted by atomic mass is 10.1. The largest absolute Gasteiger partial charge is 0.507 e. The molecule has 2 atom stereocenters. The standard InChI is InChI=1S/C15H16IN3O5/c1-7(20)13(17)14-18-10(15(24)19(14)6-12(22)23)5-8-2-3-11(21)9(16)4-8/h2-5,7,13,20-21H,6,17H2,1H3,(H,22,23)/b10-5-/t7-,13+/m1/s1. The van der Waals surface area contributed by atoms with Crippen LogP contribution in [0, 0.1) is 3.57 Å². The summed E-state index contributed by atoms with van der Waals surface area (Å²) in [5, 5.41) is 28.1. The molecule has 0 saturated heterocycles. The van der Waals surface area contributed by atoms with Gasteiger partial charge in [0.2, 0.25) is 0 Å². The van der Waals surface area contributed by atoms with Gasteiger partial charge < -0.3 is 21.1 Å². The first kappa shape index (κ1) is 18.4. The Morgan fingerprint density at radius 3 is 2.71 bits per heavy atom. The zero-order valence-electron chi connectivity index (χ0n) is 12.7. The zero-order valence-corrected chi connectivity index (χ0v) is 14.8. The number of carboxylic acids is 1. The Labute approximate surface area is 151 Å². The quantitative estimate of drug-likeness (QED) is 0.382. The highest BCUT2D eigenvalue weighted by Crippen LogP contribution is 2.24. The third-order valence-corrected chi connectivity index (χ3v) is 4.23. The number of phenolic OH excluding ortho intramolecular Hbond substituents is 1. The van der Waals surface area contributed by atoms with Crippen molar-refractivity contribution in [3.63, 3.8) is 0 Å². The molecule has 1 aliphatic rings. The van der Waals surface area contributed by atoms with Crippen molar-refractivity contribution >= 4 is 46.4 Å². The zero-order chi connectivity index (χ0) is 18.0. The van der Waals surface area contributed by atoms with Crippen LogP contribution in [-0.4, -0.2) is 56.6 Å².